The normalized spacial score (nSPS) is 21.2. The largest absolute Gasteiger partial charge is 0.496 e. The fraction of sp³-hybridized carbons (Fsp3) is 0.312. The van der Waals surface area contributed by atoms with Gasteiger partial charge in [-0.2, -0.15) is 0 Å². The summed E-state index contributed by atoms with van der Waals surface area (Å²) in [6.45, 7) is 1.98. The third-order valence-electron chi connectivity index (χ3n) is 3.66. The lowest BCUT2D eigenvalue weighted by Gasteiger charge is -2.08. The van der Waals surface area contributed by atoms with Crippen LogP contribution in [0.25, 0.3) is 0 Å². The van der Waals surface area contributed by atoms with Crippen LogP contribution in [0.1, 0.15) is 34.0 Å². The summed E-state index contributed by atoms with van der Waals surface area (Å²) >= 11 is 0. The second-order valence-electron chi connectivity index (χ2n) is 5.03. The van der Waals surface area contributed by atoms with Crippen LogP contribution < -0.4 is 4.74 Å². The molecule has 3 nitrogen and oxygen atoms in total. The van der Waals surface area contributed by atoms with Gasteiger partial charge in [0.2, 0.25) is 0 Å². The fourth-order valence-corrected chi connectivity index (χ4v) is 2.52. The van der Waals surface area contributed by atoms with E-state index in [1.54, 1.807) is 13.4 Å². The van der Waals surface area contributed by atoms with E-state index in [0.29, 0.717) is 11.3 Å². The Labute approximate surface area is 112 Å². The summed E-state index contributed by atoms with van der Waals surface area (Å²) in [4.78, 5) is 12.5. The molecule has 1 aliphatic rings. The van der Waals surface area contributed by atoms with E-state index in [2.05, 4.69) is 0 Å². The molecule has 1 fully saturated rings. The van der Waals surface area contributed by atoms with Gasteiger partial charge in [-0.25, -0.2) is 0 Å². The number of hydrogen-bond acceptors (Lipinski definition) is 3. The Morgan fingerprint density at radius 1 is 1.37 bits per heavy atom. The van der Waals surface area contributed by atoms with Crippen molar-refractivity contribution in [3.63, 3.8) is 0 Å². The van der Waals surface area contributed by atoms with Gasteiger partial charge >= 0.3 is 0 Å². The monoisotopic (exact) mass is 256 g/mol. The van der Waals surface area contributed by atoms with Crippen LogP contribution in [-0.2, 0) is 0 Å². The highest BCUT2D eigenvalue weighted by Gasteiger charge is 2.46. The molecule has 1 aliphatic carbocycles. The molecule has 0 amide bonds. The van der Waals surface area contributed by atoms with E-state index in [1.165, 1.54) is 0 Å². The maximum atomic E-state index is 12.5. The van der Waals surface area contributed by atoms with Crippen LogP contribution in [-0.4, -0.2) is 12.9 Å². The first-order valence-electron chi connectivity index (χ1n) is 6.43. The fourth-order valence-electron chi connectivity index (χ4n) is 2.52. The number of benzene rings is 1. The second kappa shape index (κ2) is 4.57. The van der Waals surface area contributed by atoms with Crippen molar-refractivity contribution in [2.75, 3.05) is 7.11 Å². The third-order valence-corrected chi connectivity index (χ3v) is 3.66. The van der Waals surface area contributed by atoms with Gasteiger partial charge < -0.3 is 9.15 Å². The topological polar surface area (TPSA) is 39.4 Å². The molecule has 19 heavy (non-hydrogen) atoms. The average Bonchev–Trinajstić information content (AvgIpc) is 3.03. The smallest absolute Gasteiger partial charge is 0.170 e. The van der Waals surface area contributed by atoms with Crippen molar-refractivity contribution in [2.24, 2.45) is 5.92 Å². The van der Waals surface area contributed by atoms with Crippen LogP contribution in [0.3, 0.4) is 0 Å². The zero-order valence-electron chi connectivity index (χ0n) is 11.1. The summed E-state index contributed by atoms with van der Waals surface area (Å²) in [5.41, 5.74) is 1.75. The summed E-state index contributed by atoms with van der Waals surface area (Å²) in [6, 6.07) is 9.51. The van der Waals surface area contributed by atoms with E-state index >= 15 is 0 Å². The maximum Gasteiger partial charge on any atom is 0.170 e. The van der Waals surface area contributed by atoms with Gasteiger partial charge in [0.05, 0.1) is 18.9 Å². The number of methoxy groups -OCH3 is 1. The van der Waals surface area contributed by atoms with Gasteiger partial charge in [0.15, 0.2) is 5.78 Å². The summed E-state index contributed by atoms with van der Waals surface area (Å²) in [6.07, 6.45) is 2.52. The predicted molar refractivity (Wildman–Crippen MR) is 71.6 cm³/mol. The molecule has 98 valence electrons. The summed E-state index contributed by atoms with van der Waals surface area (Å²) in [5, 5.41) is 0. The number of furan rings is 1. The van der Waals surface area contributed by atoms with Crippen molar-refractivity contribution in [1.29, 1.82) is 0 Å². The van der Waals surface area contributed by atoms with Crippen LogP contribution in [0.4, 0.5) is 0 Å². The van der Waals surface area contributed by atoms with Crippen molar-refractivity contribution in [3.05, 3.63) is 53.5 Å². The number of aryl methyl sites for hydroxylation is 1. The number of rotatable bonds is 4. The zero-order chi connectivity index (χ0) is 13.4. The highest BCUT2D eigenvalue weighted by atomic mass is 16.5. The second-order valence-corrected chi connectivity index (χ2v) is 5.03. The highest BCUT2D eigenvalue weighted by molar-refractivity contribution is 6.02. The molecule has 3 rings (SSSR count). The van der Waals surface area contributed by atoms with Gasteiger partial charge in [-0.15, -0.1) is 0 Å². The molecule has 0 bridgehead atoms. The molecule has 2 unspecified atom stereocenters. The quantitative estimate of drug-likeness (QED) is 0.785. The molecule has 0 aliphatic heterocycles. The average molecular weight is 256 g/mol. The first kappa shape index (κ1) is 12.0. The standard InChI is InChI=1S/C16H16O3/c1-10-5-6-14(18-2)13(8-10)16(17)12-9-11(12)15-4-3-7-19-15/h3-8,11-12H,9H2,1-2H3. The third kappa shape index (κ3) is 2.16. The van der Waals surface area contributed by atoms with E-state index in [1.807, 2.05) is 37.3 Å². The number of carbonyl (C=O) groups excluding carboxylic acids is 1. The molecule has 1 saturated carbocycles. The van der Waals surface area contributed by atoms with Gasteiger partial charge in [-0.3, -0.25) is 4.79 Å². The Bertz CT molecular complexity index is 598. The molecule has 0 radical (unpaired) electrons. The van der Waals surface area contributed by atoms with E-state index in [4.69, 9.17) is 9.15 Å². The maximum absolute atomic E-state index is 12.5. The molecule has 0 spiro atoms. The number of hydrogen-bond donors (Lipinski definition) is 0. The zero-order valence-corrected chi connectivity index (χ0v) is 11.1. The van der Waals surface area contributed by atoms with Crippen molar-refractivity contribution in [1.82, 2.24) is 0 Å². The Morgan fingerprint density at radius 3 is 2.89 bits per heavy atom. The van der Waals surface area contributed by atoms with Gasteiger partial charge in [-0.05, 0) is 37.6 Å². The van der Waals surface area contributed by atoms with Gasteiger partial charge in [0, 0.05) is 11.8 Å². The SMILES string of the molecule is COc1ccc(C)cc1C(=O)C1CC1c1ccco1. The number of ketones is 1. The lowest BCUT2D eigenvalue weighted by molar-refractivity contribution is 0.0961. The van der Waals surface area contributed by atoms with E-state index in [0.717, 1.165) is 17.7 Å². The predicted octanol–water partition coefficient (Wildman–Crippen LogP) is 3.58. The molecular weight excluding hydrogens is 240 g/mol. The van der Waals surface area contributed by atoms with E-state index in [-0.39, 0.29) is 17.6 Å². The van der Waals surface area contributed by atoms with Gasteiger partial charge in [0.1, 0.15) is 11.5 Å². The van der Waals surface area contributed by atoms with Crippen molar-refractivity contribution >= 4 is 5.78 Å². The molecule has 1 aromatic carbocycles. The number of Topliss-reactive ketones (excluding diaryl/α,β-unsaturated/α-hetero) is 1. The first-order valence-corrected chi connectivity index (χ1v) is 6.43. The Kier molecular flexibility index (Phi) is 2.90. The van der Waals surface area contributed by atoms with Crippen LogP contribution in [0.2, 0.25) is 0 Å². The number of ether oxygens (including phenoxy) is 1. The molecule has 3 heteroatoms. The van der Waals surface area contributed by atoms with Crippen LogP contribution in [0, 0.1) is 12.8 Å². The minimum atomic E-state index is 0.0295. The lowest BCUT2D eigenvalue weighted by Crippen LogP contribution is -2.06. The number of carbonyl (C=O) groups is 1. The Morgan fingerprint density at radius 2 is 2.21 bits per heavy atom. The van der Waals surface area contributed by atoms with Gasteiger partial charge in [-0.1, -0.05) is 11.6 Å². The molecule has 1 aromatic heterocycles. The van der Waals surface area contributed by atoms with E-state index < -0.39 is 0 Å². The van der Waals surface area contributed by atoms with Crippen LogP contribution in [0.5, 0.6) is 5.75 Å². The van der Waals surface area contributed by atoms with Crippen molar-refractivity contribution in [3.8, 4) is 5.75 Å². The minimum Gasteiger partial charge on any atom is -0.496 e. The molecular formula is C16H16O3. The van der Waals surface area contributed by atoms with E-state index in [9.17, 15) is 4.79 Å². The van der Waals surface area contributed by atoms with Crippen LogP contribution in [0.15, 0.2) is 41.0 Å². The first-order chi connectivity index (χ1) is 9.20. The Hall–Kier alpha value is -2.03. The lowest BCUT2D eigenvalue weighted by atomic mass is 10.0. The van der Waals surface area contributed by atoms with Crippen molar-refractivity contribution in [2.45, 2.75) is 19.3 Å². The summed E-state index contributed by atoms with van der Waals surface area (Å²) in [5.74, 6) is 1.97. The molecule has 0 saturated heterocycles. The molecule has 0 N–H and O–H groups in total. The summed E-state index contributed by atoms with van der Waals surface area (Å²) in [7, 11) is 1.60. The van der Waals surface area contributed by atoms with Crippen molar-refractivity contribution < 1.29 is 13.9 Å². The van der Waals surface area contributed by atoms with Gasteiger partial charge in [0.25, 0.3) is 0 Å². The molecule has 2 atom stereocenters. The highest BCUT2D eigenvalue weighted by Crippen LogP contribution is 2.50. The summed E-state index contributed by atoms with van der Waals surface area (Å²) < 4.78 is 10.7. The van der Waals surface area contributed by atoms with Crippen LogP contribution >= 0.6 is 0 Å². The molecule has 1 heterocycles. The molecule has 2 aromatic rings. The minimum absolute atomic E-state index is 0.0295. The Balaban J connectivity index is 1.84.